The molecule has 1 unspecified atom stereocenters. The molecule has 0 aromatic heterocycles. The zero-order chi connectivity index (χ0) is 5.98. The molecule has 1 atom stereocenters. The zero-order valence-corrected chi connectivity index (χ0v) is 4.42. The van der Waals surface area contributed by atoms with Crippen LogP contribution in [0.2, 0.25) is 0 Å². The normalized spacial score (nSPS) is 25.5. The molecule has 1 aliphatic heterocycles. The van der Waals surface area contributed by atoms with Crippen molar-refractivity contribution >= 4 is 5.91 Å². The van der Waals surface area contributed by atoms with E-state index in [0.29, 0.717) is 0 Å². The predicted octanol–water partition coefficient (Wildman–Crippen LogP) is 0.432. The Bertz CT molecular complexity index is 149. The second-order valence-electron chi connectivity index (χ2n) is 1.63. The summed E-state index contributed by atoms with van der Waals surface area (Å²) in [5.74, 6) is -0.0880. The highest BCUT2D eigenvalue weighted by Crippen LogP contribution is 2.04. The van der Waals surface area contributed by atoms with Crippen LogP contribution in [0, 0.1) is 5.92 Å². The maximum absolute atomic E-state index is 10.6. The molecule has 0 spiro atoms. The first-order chi connectivity index (χ1) is 3.84. The van der Waals surface area contributed by atoms with E-state index in [0.717, 1.165) is 0 Å². The molecule has 1 aliphatic rings. The summed E-state index contributed by atoms with van der Waals surface area (Å²) in [5, 5.41) is 2.53. The van der Waals surface area contributed by atoms with Crippen molar-refractivity contribution in [2.24, 2.45) is 5.92 Å². The summed E-state index contributed by atoms with van der Waals surface area (Å²) in [7, 11) is 0. The Morgan fingerprint density at radius 2 is 2.62 bits per heavy atom. The smallest absolute Gasteiger partial charge is 0.234 e. The van der Waals surface area contributed by atoms with Crippen molar-refractivity contribution in [1.29, 1.82) is 0 Å². The van der Waals surface area contributed by atoms with Crippen LogP contribution in [0.3, 0.4) is 0 Å². The van der Waals surface area contributed by atoms with Crippen LogP contribution in [0.4, 0.5) is 0 Å². The van der Waals surface area contributed by atoms with Gasteiger partial charge in [-0.05, 0) is 0 Å². The van der Waals surface area contributed by atoms with Crippen LogP contribution in [0.5, 0.6) is 0 Å². The second kappa shape index (κ2) is 1.82. The van der Waals surface area contributed by atoms with Gasteiger partial charge in [-0.15, -0.1) is 6.58 Å². The van der Waals surface area contributed by atoms with E-state index in [9.17, 15) is 4.79 Å². The monoisotopic (exact) mass is 109 g/mol. The van der Waals surface area contributed by atoms with Crippen molar-refractivity contribution < 1.29 is 4.79 Å². The Hall–Kier alpha value is -1.05. The van der Waals surface area contributed by atoms with E-state index in [-0.39, 0.29) is 11.8 Å². The van der Waals surface area contributed by atoms with Gasteiger partial charge in [-0.1, -0.05) is 12.2 Å². The van der Waals surface area contributed by atoms with Crippen LogP contribution in [-0.4, -0.2) is 5.91 Å². The Labute approximate surface area is 47.9 Å². The summed E-state index contributed by atoms with van der Waals surface area (Å²) in [4.78, 5) is 10.6. The number of rotatable bonds is 1. The fraction of sp³-hybridized carbons (Fsp3) is 0.167. The number of carbonyl (C=O) groups is 1. The minimum atomic E-state index is -0.102. The van der Waals surface area contributed by atoms with E-state index in [1.54, 1.807) is 18.4 Å². The molecule has 8 heavy (non-hydrogen) atoms. The Morgan fingerprint density at radius 3 is 2.88 bits per heavy atom. The van der Waals surface area contributed by atoms with Gasteiger partial charge in [0, 0.05) is 6.20 Å². The largest absolute Gasteiger partial charge is 0.332 e. The summed E-state index contributed by atoms with van der Waals surface area (Å²) < 4.78 is 0. The summed E-state index contributed by atoms with van der Waals surface area (Å²) >= 11 is 0. The molecule has 1 rings (SSSR count). The van der Waals surface area contributed by atoms with E-state index < -0.39 is 0 Å². The SMILES string of the molecule is C=CC1C=CNC1=O. The molecule has 0 saturated carbocycles. The quantitative estimate of drug-likeness (QED) is 0.486. The summed E-state index contributed by atoms with van der Waals surface area (Å²) in [6.07, 6.45) is 5.02. The first-order valence-corrected chi connectivity index (χ1v) is 2.44. The minimum Gasteiger partial charge on any atom is -0.332 e. The van der Waals surface area contributed by atoms with Crippen LogP contribution in [0.1, 0.15) is 0 Å². The Kier molecular flexibility index (Phi) is 1.16. The topological polar surface area (TPSA) is 29.1 Å². The number of carbonyl (C=O) groups excluding carboxylic acids is 1. The van der Waals surface area contributed by atoms with Crippen LogP contribution in [0.15, 0.2) is 24.9 Å². The third kappa shape index (κ3) is 0.644. The molecule has 1 N–H and O–H groups in total. The molecule has 1 amide bonds. The third-order valence-corrected chi connectivity index (χ3v) is 1.09. The van der Waals surface area contributed by atoms with Crippen molar-refractivity contribution in [2.75, 3.05) is 0 Å². The number of hydrogen-bond donors (Lipinski definition) is 1. The average molecular weight is 109 g/mol. The minimum absolute atomic E-state index is 0.0139. The lowest BCUT2D eigenvalue weighted by Gasteiger charge is -1.93. The third-order valence-electron chi connectivity index (χ3n) is 1.09. The molecule has 0 fully saturated rings. The highest BCUT2D eigenvalue weighted by molar-refractivity contribution is 5.85. The van der Waals surface area contributed by atoms with Crippen molar-refractivity contribution in [3.63, 3.8) is 0 Å². The lowest BCUT2D eigenvalue weighted by Crippen LogP contribution is -2.16. The van der Waals surface area contributed by atoms with Gasteiger partial charge in [0.1, 0.15) is 0 Å². The van der Waals surface area contributed by atoms with Gasteiger partial charge in [-0.25, -0.2) is 0 Å². The van der Waals surface area contributed by atoms with E-state index in [2.05, 4.69) is 11.9 Å². The van der Waals surface area contributed by atoms with E-state index >= 15 is 0 Å². The van der Waals surface area contributed by atoms with Gasteiger partial charge >= 0.3 is 0 Å². The fourth-order valence-corrected chi connectivity index (χ4v) is 0.603. The predicted molar refractivity (Wildman–Crippen MR) is 31.0 cm³/mol. The maximum atomic E-state index is 10.6. The first-order valence-electron chi connectivity index (χ1n) is 2.44. The van der Waals surface area contributed by atoms with Crippen LogP contribution >= 0.6 is 0 Å². The molecular weight excluding hydrogens is 102 g/mol. The van der Waals surface area contributed by atoms with Crippen molar-refractivity contribution in [3.05, 3.63) is 24.9 Å². The number of amides is 1. The van der Waals surface area contributed by atoms with Gasteiger partial charge < -0.3 is 5.32 Å². The molecule has 2 nitrogen and oxygen atoms in total. The lowest BCUT2D eigenvalue weighted by molar-refractivity contribution is -0.120. The standard InChI is InChI=1S/C6H7NO/c1-2-5-3-4-7-6(5)8/h2-5H,1H2,(H,7,8). The molecule has 0 saturated heterocycles. The summed E-state index contributed by atoms with van der Waals surface area (Å²) in [5.41, 5.74) is 0. The molecule has 0 aliphatic carbocycles. The molecule has 0 aromatic carbocycles. The molecule has 0 bridgehead atoms. The van der Waals surface area contributed by atoms with Gasteiger partial charge in [0.15, 0.2) is 0 Å². The summed E-state index contributed by atoms with van der Waals surface area (Å²) in [6, 6.07) is 0. The maximum Gasteiger partial charge on any atom is 0.234 e. The highest BCUT2D eigenvalue weighted by Gasteiger charge is 2.13. The molecule has 0 radical (unpaired) electrons. The van der Waals surface area contributed by atoms with Gasteiger partial charge in [-0.3, -0.25) is 4.79 Å². The van der Waals surface area contributed by atoms with E-state index in [1.165, 1.54) is 0 Å². The number of hydrogen-bond acceptors (Lipinski definition) is 1. The van der Waals surface area contributed by atoms with Gasteiger partial charge in [0.2, 0.25) is 5.91 Å². The van der Waals surface area contributed by atoms with Crippen molar-refractivity contribution in [2.45, 2.75) is 0 Å². The second-order valence-corrected chi connectivity index (χ2v) is 1.63. The van der Waals surface area contributed by atoms with Crippen LogP contribution in [0.25, 0.3) is 0 Å². The van der Waals surface area contributed by atoms with Crippen LogP contribution < -0.4 is 5.32 Å². The highest BCUT2D eigenvalue weighted by atomic mass is 16.1. The Morgan fingerprint density at radius 1 is 1.88 bits per heavy atom. The molecule has 1 heterocycles. The molecule has 42 valence electrons. The van der Waals surface area contributed by atoms with Gasteiger partial charge in [0.05, 0.1) is 5.92 Å². The van der Waals surface area contributed by atoms with E-state index in [4.69, 9.17) is 0 Å². The van der Waals surface area contributed by atoms with Crippen molar-refractivity contribution in [3.8, 4) is 0 Å². The zero-order valence-electron chi connectivity index (χ0n) is 4.42. The molecule has 2 heteroatoms. The first kappa shape index (κ1) is 5.09. The van der Waals surface area contributed by atoms with Crippen LogP contribution in [-0.2, 0) is 4.79 Å². The van der Waals surface area contributed by atoms with Gasteiger partial charge in [-0.2, -0.15) is 0 Å². The summed E-state index contributed by atoms with van der Waals surface area (Å²) in [6.45, 7) is 3.48. The molecule has 0 aromatic rings. The molecular formula is C6H7NO. The Balaban J connectivity index is 2.66. The van der Waals surface area contributed by atoms with Crippen molar-refractivity contribution in [1.82, 2.24) is 5.32 Å². The fourth-order valence-electron chi connectivity index (χ4n) is 0.603. The lowest BCUT2D eigenvalue weighted by atomic mass is 10.2. The average Bonchev–Trinajstić information content (AvgIpc) is 2.14. The number of nitrogens with one attached hydrogen (secondary N) is 1. The van der Waals surface area contributed by atoms with E-state index in [1.807, 2.05) is 0 Å². The van der Waals surface area contributed by atoms with Gasteiger partial charge in [0.25, 0.3) is 0 Å².